The Morgan fingerprint density at radius 3 is 2.62 bits per heavy atom. The highest BCUT2D eigenvalue weighted by Crippen LogP contribution is 2.48. The van der Waals surface area contributed by atoms with Crippen molar-refractivity contribution in [1.82, 2.24) is 0 Å². The van der Waals surface area contributed by atoms with E-state index >= 15 is 0 Å². The zero-order valence-corrected chi connectivity index (χ0v) is 8.86. The maximum atomic E-state index is 13.4. The van der Waals surface area contributed by atoms with Crippen LogP contribution in [0.1, 0.15) is 24.0 Å². The topological polar surface area (TPSA) is 20.2 Å². The fraction of sp³-hybridized carbons (Fsp3) is 0.400. The first-order valence-electron chi connectivity index (χ1n) is 4.22. The average molecular weight is 245 g/mol. The van der Waals surface area contributed by atoms with Crippen molar-refractivity contribution >= 4 is 15.9 Å². The molecule has 1 aliphatic carbocycles. The van der Waals surface area contributed by atoms with E-state index in [4.69, 9.17) is 0 Å². The number of rotatable bonds is 1. The molecule has 2 rings (SSSR count). The Kier molecular flexibility index (Phi) is 1.96. The molecule has 1 aromatic rings. The van der Waals surface area contributed by atoms with E-state index in [1.165, 1.54) is 0 Å². The first-order chi connectivity index (χ1) is 6.04. The molecule has 0 heterocycles. The van der Waals surface area contributed by atoms with Gasteiger partial charge in [0.05, 0.1) is 10.1 Å². The van der Waals surface area contributed by atoms with Crippen LogP contribution in [-0.4, -0.2) is 5.11 Å². The summed E-state index contributed by atoms with van der Waals surface area (Å²) in [6.07, 6.45) is 1.46. The molecule has 0 aliphatic heterocycles. The molecule has 0 aromatic heterocycles. The quantitative estimate of drug-likeness (QED) is 0.806. The van der Waals surface area contributed by atoms with Gasteiger partial charge in [0.2, 0.25) is 0 Å². The molecule has 1 aliphatic rings. The van der Waals surface area contributed by atoms with Crippen LogP contribution in [0.15, 0.2) is 16.6 Å². The second-order valence-electron chi connectivity index (χ2n) is 3.59. The first kappa shape index (κ1) is 9.16. The Balaban J connectivity index is 2.54. The van der Waals surface area contributed by atoms with Crippen LogP contribution in [0.4, 0.5) is 4.39 Å². The maximum Gasteiger partial charge on any atom is 0.140 e. The minimum absolute atomic E-state index is 0.266. The summed E-state index contributed by atoms with van der Waals surface area (Å²) < 4.78 is 13.8. The summed E-state index contributed by atoms with van der Waals surface area (Å²) in [5, 5.41) is 9.80. The molecule has 0 atom stereocenters. The highest BCUT2D eigenvalue weighted by Gasteiger charge is 2.43. The molecule has 0 spiro atoms. The molecule has 1 nitrogen and oxygen atoms in total. The molecule has 1 fully saturated rings. The highest BCUT2D eigenvalue weighted by atomic mass is 79.9. The average Bonchev–Trinajstić information content (AvgIpc) is 2.80. The summed E-state index contributed by atoms with van der Waals surface area (Å²) in [6.45, 7) is 1.71. The second kappa shape index (κ2) is 2.79. The summed E-state index contributed by atoms with van der Waals surface area (Å²) in [5.74, 6) is -0.266. The van der Waals surface area contributed by atoms with E-state index in [0.29, 0.717) is 15.6 Å². The molecular weight excluding hydrogens is 235 g/mol. The van der Waals surface area contributed by atoms with Crippen molar-refractivity contribution in [3.63, 3.8) is 0 Å². The summed E-state index contributed by atoms with van der Waals surface area (Å²) in [4.78, 5) is 0. The van der Waals surface area contributed by atoms with E-state index < -0.39 is 5.60 Å². The van der Waals surface area contributed by atoms with E-state index in [2.05, 4.69) is 15.9 Å². The predicted molar refractivity (Wildman–Crippen MR) is 52.0 cm³/mol. The zero-order chi connectivity index (χ0) is 9.64. The van der Waals surface area contributed by atoms with Crippen LogP contribution in [0.3, 0.4) is 0 Å². The van der Waals surface area contributed by atoms with Crippen molar-refractivity contribution < 1.29 is 9.50 Å². The van der Waals surface area contributed by atoms with Crippen LogP contribution < -0.4 is 0 Å². The van der Waals surface area contributed by atoms with Gasteiger partial charge in [-0.1, -0.05) is 12.1 Å². The van der Waals surface area contributed by atoms with Gasteiger partial charge in [0.15, 0.2) is 0 Å². The van der Waals surface area contributed by atoms with Crippen molar-refractivity contribution in [1.29, 1.82) is 0 Å². The van der Waals surface area contributed by atoms with Gasteiger partial charge in [-0.15, -0.1) is 0 Å². The zero-order valence-electron chi connectivity index (χ0n) is 7.27. The lowest BCUT2D eigenvalue weighted by Gasteiger charge is -2.11. The second-order valence-corrected chi connectivity index (χ2v) is 4.38. The number of benzene rings is 1. The lowest BCUT2D eigenvalue weighted by atomic mass is 10.1. The minimum Gasteiger partial charge on any atom is -0.385 e. The van der Waals surface area contributed by atoms with Gasteiger partial charge in [-0.2, -0.15) is 0 Å². The van der Waals surface area contributed by atoms with E-state index in [-0.39, 0.29) is 5.82 Å². The van der Waals surface area contributed by atoms with Crippen LogP contribution >= 0.6 is 15.9 Å². The smallest absolute Gasteiger partial charge is 0.140 e. The van der Waals surface area contributed by atoms with Gasteiger partial charge in [0.1, 0.15) is 5.82 Å². The van der Waals surface area contributed by atoms with E-state index in [1.54, 1.807) is 19.1 Å². The van der Waals surface area contributed by atoms with Crippen molar-refractivity contribution in [3.8, 4) is 0 Å². The molecule has 0 unspecified atom stereocenters. The summed E-state index contributed by atoms with van der Waals surface area (Å²) in [7, 11) is 0. The van der Waals surface area contributed by atoms with Gasteiger partial charge in [-0.3, -0.25) is 0 Å². The van der Waals surface area contributed by atoms with Gasteiger partial charge in [0.25, 0.3) is 0 Å². The molecule has 1 aromatic carbocycles. The number of aliphatic hydroxyl groups is 1. The van der Waals surface area contributed by atoms with Gasteiger partial charge in [0, 0.05) is 5.56 Å². The van der Waals surface area contributed by atoms with Crippen LogP contribution in [0.2, 0.25) is 0 Å². The lowest BCUT2D eigenvalue weighted by Crippen LogP contribution is -2.06. The van der Waals surface area contributed by atoms with Crippen molar-refractivity contribution in [2.24, 2.45) is 0 Å². The Labute approximate surface area is 84.7 Å². The number of halogens is 2. The molecule has 0 radical (unpaired) electrons. The molecule has 0 amide bonds. The third-order valence-corrected chi connectivity index (χ3v) is 3.28. The molecule has 3 heteroatoms. The molecule has 70 valence electrons. The fourth-order valence-corrected chi connectivity index (χ4v) is 2.21. The fourth-order valence-electron chi connectivity index (χ4n) is 1.39. The molecular formula is C10H10BrFO. The predicted octanol–water partition coefficient (Wildman–Crippen LogP) is 2.88. The van der Waals surface area contributed by atoms with Gasteiger partial charge < -0.3 is 5.11 Å². The highest BCUT2D eigenvalue weighted by molar-refractivity contribution is 9.10. The molecule has 1 saturated carbocycles. The summed E-state index contributed by atoms with van der Waals surface area (Å²) in [6, 6.07) is 3.49. The normalized spacial score (nSPS) is 18.8. The molecule has 0 saturated heterocycles. The molecule has 13 heavy (non-hydrogen) atoms. The van der Waals surface area contributed by atoms with Crippen molar-refractivity contribution in [2.75, 3.05) is 0 Å². The number of hydrogen-bond donors (Lipinski definition) is 1. The Morgan fingerprint density at radius 2 is 2.08 bits per heavy atom. The number of hydrogen-bond acceptors (Lipinski definition) is 1. The number of aryl methyl sites for hydroxylation is 1. The van der Waals surface area contributed by atoms with Gasteiger partial charge in [-0.25, -0.2) is 4.39 Å². The SMILES string of the molecule is Cc1ccc(C2(O)CC2)c(Br)c1F. The van der Waals surface area contributed by atoms with Crippen molar-refractivity contribution in [3.05, 3.63) is 33.5 Å². The summed E-state index contributed by atoms with van der Waals surface area (Å²) in [5.41, 5.74) is 0.503. The third-order valence-electron chi connectivity index (χ3n) is 2.50. The first-order valence-corrected chi connectivity index (χ1v) is 5.01. The monoisotopic (exact) mass is 244 g/mol. The molecule has 0 bridgehead atoms. The summed E-state index contributed by atoms with van der Waals surface area (Å²) >= 11 is 3.17. The van der Waals surface area contributed by atoms with E-state index in [0.717, 1.165) is 12.8 Å². The largest absolute Gasteiger partial charge is 0.385 e. The standard InChI is InChI=1S/C10H10BrFO/c1-6-2-3-7(8(11)9(6)12)10(13)4-5-10/h2-3,13H,4-5H2,1H3. The van der Waals surface area contributed by atoms with Gasteiger partial charge in [-0.05, 0) is 41.3 Å². The Bertz CT molecular complexity index is 358. The maximum absolute atomic E-state index is 13.4. The van der Waals surface area contributed by atoms with Gasteiger partial charge >= 0.3 is 0 Å². The minimum atomic E-state index is -0.770. The van der Waals surface area contributed by atoms with Crippen molar-refractivity contribution in [2.45, 2.75) is 25.4 Å². The van der Waals surface area contributed by atoms with E-state index in [9.17, 15) is 9.50 Å². The van der Waals surface area contributed by atoms with Crippen LogP contribution in [0, 0.1) is 12.7 Å². The van der Waals surface area contributed by atoms with Crippen LogP contribution in [0.5, 0.6) is 0 Å². The third kappa shape index (κ3) is 1.40. The Hall–Kier alpha value is -0.410. The van der Waals surface area contributed by atoms with E-state index in [1.807, 2.05) is 0 Å². The lowest BCUT2D eigenvalue weighted by molar-refractivity contribution is 0.150. The Morgan fingerprint density at radius 1 is 1.46 bits per heavy atom. The molecule has 1 N–H and O–H groups in total. The van der Waals surface area contributed by atoms with Crippen LogP contribution in [-0.2, 0) is 5.60 Å². The van der Waals surface area contributed by atoms with Crippen LogP contribution in [0.25, 0.3) is 0 Å².